The smallest absolute Gasteiger partial charge is 0.242 e. The second-order valence-electron chi connectivity index (χ2n) is 11.0. The summed E-state index contributed by atoms with van der Waals surface area (Å²) in [6.07, 6.45) is 5.44. The fraction of sp³-hybridized carbons (Fsp3) is 0.586. The first kappa shape index (κ1) is 27.9. The summed E-state index contributed by atoms with van der Waals surface area (Å²) in [6, 6.07) is 11.5. The van der Waals surface area contributed by atoms with Crippen LogP contribution in [-0.4, -0.2) is 38.7 Å². The lowest BCUT2D eigenvalue weighted by Gasteiger charge is -2.28. The lowest BCUT2D eigenvalue weighted by atomic mass is 9.78. The van der Waals surface area contributed by atoms with Crippen LogP contribution in [0.1, 0.15) is 105 Å². The van der Waals surface area contributed by atoms with Gasteiger partial charge in [0.05, 0.1) is 4.90 Å². The molecule has 2 aromatic rings. The van der Waals surface area contributed by atoms with Crippen LogP contribution in [-0.2, 0) is 23.0 Å². The predicted molar refractivity (Wildman–Crippen MR) is 144 cm³/mol. The first-order chi connectivity index (χ1) is 16.5. The monoisotopic (exact) mass is 500 g/mol. The van der Waals surface area contributed by atoms with Gasteiger partial charge in [0.25, 0.3) is 0 Å². The highest BCUT2D eigenvalue weighted by atomic mass is 32.2. The van der Waals surface area contributed by atoms with Crippen molar-refractivity contribution >= 4 is 10.0 Å². The van der Waals surface area contributed by atoms with E-state index in [1.807, 2.05) is 31.1 Å². The molecule has 5 nitrogen and oxygen atoms in total. The van der Waals surface area contributed by atoms with E-state index in [-0.39, 0.29) is 11.3 Å². The van der Waals surface area contributed by atoms with Gasteiger partial charge in [-0.3, -0.25) is 0 Å². The number of aliphatic hydroxyl groups is 1. The highest BCUT2D eigenvalue weighted by Gasteiger charge is 2.25. The molecule has 194 valence electrons. The van der Waals surface area contributed by atoms with E-state index < -0.39 is 16.3 Å². The second kappa shape index (κ2) is 12.0. The molecule has 1 saturated carbocycles. The van der Waals surface area contributed by atoms with Crippen LogP contribution >= 0.6 is 0 Å². The molecule has 3 rings (SSSR count). The van der Waals surface area contributed by atoms with Gasteiger partial charge >= 0.3 is 0 Å². The van der Waals surface area contributed by atoms with Crippen LogP contribution in [0.5, 0.6) is 0 Å². The molecular formula is C29H44N2O3S. The third-order valence-corrected chi connectivity index (χ3v) is 8.56. The Morgan fingerprint density at radius 2 is 1.49 bits per heavy atom. The van der Waals surface area contributed by atoms with Crippen molar-refractivity contribution in [1.82, 2.24) is 9.62 Å². The maximum Gasteiger partial charge on any atom is 0.242 e. The van der Waals surface area contributed by atoms with E-state index in [4.69, 9.17) is 0 Å². The van der Waals surface area contributed by atoms with Crippen molar-refractivity contribution in [3.63, 3.8) is 0 Å². The Labute approximate surface area is 213 Å². The molecular weight excluding hydrogens is 456 g/mol. The standard InChI is InChI=1S/C29H44N2O3S/c1-20(2)26-16-24(23-10-8-7-9-11-23)17-27(21(3)4)28(26)18-29(32)30-35(33,34)25-14-12-22(13-15-25)19-31(5)6/h12-17,20-21,23,29-30,32H,7-11,18-19H2,1-6H3. The first-order valence-corrected chi connectivity index (χ1v) is 14.6. The van der Waals surface area contributed by atoms with Gasteiger partial charge in [-0.25, -0.2) is 8.42 Å². The average Bonchev–Trinajstić information content (AvgIpc) is 2.79. The maximum atomic E-state index is 13.0. The zero-order valence-electron chi connectivity index (χ0n) is 22.3. The Bertz CT molecular complexity index is 1040. The van der Waals surface area contributed by atoms with Crippen molar-refractivity contribution in [2.24, 2.45) is 0 Å². The number of aliphatic hydroxyl groups excluding tert-OH is 1. The van der Waals surface area contributed by atoms with E-state index in [1.54, 1.807) is 12.1 Å². The number of sulfonamides is 1. The average molecular weight is 501 g/mol. The molecule has 1 aliphatic carbocycles. The minimum atomic E-state index is -3.83. The molecule has 2 N–H and O–H groups in total. The van der Waals surface area contributed by atoms with E-state index in [0.29, 0.717) is 17.8 Å². The molecule has 0 aromatic heterocycles. The molecule has 35 heavy (non-hydrogen) atoms. The topological polar surface area (TPSA) is 69.6 Å². The van der Waals surface area contributed by atoms with Crippen LogP contribution in [0.25, 0.3) is 0 Å². The van der Waals surface area contributed by atoms with Crippen molar-refractivity contribution in [3.05, 3.63) is 64.2 Å². The molecule has 1 unspecified atom stereocenters. The van der Waals surface area contributed by atoms with E-state index in [2.05, 4.69) is 44.5 Å². The Balaban J connectivity index is 1.84. The van der Waals surface area contributed by atoms with Crippen LogP contribution in [0.3, 0.4) is 0 Å². The zero-order chi connectivity index (χ0) is 25.8. The second-order valence-corrected chi connectivity index (χ2v) is 12.8. The molecule has 1 fully saturated rings. The van der Waals surface area contributed by atoms with Crippen LogP contribution in [0.4, 0.5) is 0 Å². The molecule has 0 aliphatic heterocycles. The fourth-order valence-electron chi connectivity index (χ4n) is 5.30. The third kappa shape index (κ3) is 7.39. The lowest BCUT2D eigenvalue weighted by molar-refractivity contribution is 0.163. The predicted octanol–water partition coefficient (Wildman–Crippen LogP) is 5.88. The summed E-state index contributed by atoms with van der Waals surface area (Å²) in [4.78, 5) is 2.20. The molecule has 1 atom stereocenters. The molecule has 2 aromatic carbocycles. The van der Waals surface area contributed by atoms with Crippen LogP contribution in [0.15, 0.2) is 41.3 Å². The molecule has 6 heteroatoms. The van der Waals surface area contributed by atoms with Gasteiger partial charge in [0.2, 0.25) is 10.0 Å². The molecule has 0 saturated heterocycles. The number of benzene rings is 2. The van der Waals surface area contributed by atoms with Gasteiger partial charge in [-0.15, -0.1) is 0 Å². The van der Waals surface area contributed by atoms with Gasteiger partial charge in [-0.2, -0.15) is 4.72 Å². The summed E-state index contributed by atoms with van der Waals surface area (Å²) < 4.78 is 28.5. The van der Waals surface area contributed by atoms with Crippen molar-refractivity contribution in [2.75, 3.05) is 14.1 Å². The molecule has 0 heterocycles. The van der Waals surface area contributed by atoms with Crippen molar-refractivity contribution in [2.45, 2.75) is 102 Å². The zero-order valence-corrected chi connectivity index (χ0v) is 23.2. The van der Waals surface area contributed by atoms with Gasteiger partial charge in [-0.1, -0.05) is 71.2 Å². The molecule has 1 aliphatic rings. The SMILES string of the molecule is CC(C)c1cc(C2CCCCC2)cc(C(C)C)c1CC(O)NS(=O)(=O)c1ccc(CN(C)C)cc1. The summed E-state index contributed by atoms with van der Waals surface area (Å²) in [5, 5.41) is 10.9. The van der Waals surface area contributed by atoms with Gasteiger partial charge in [0, 0.05) is 13.0 Å². The fourth-order valence-corrected chi connectivity index (χ4v) is 6.37. The molecule has 0 amide bonds. The van der Waals surface area contributed by atoms with E-state index >= 15 is 0 Å². The molecule has 0 bridgehead atoms. The summed E-state index contributed by atoms with van der Waals surface area (Å²) in [7, 11) is 0.117. The minimum Gasteiger partial charge on any atom is -0.377 e. The first-order valence-electron chi connectivity index (χ1n) is 13.1. The minimum absolute atomic E-state index is 0.167. The van der Waals surface area contributed by atoms with Crippen LogP contribution < -0.4 is 4.72 Å². The number of nitrogens with one attached hydrogen (secondary N) is 1. The van der Waals surface area contributed by atoms with E-state index in [1.165, 1.54) is 48.8 Å². The van der Waals surface area contributed by atoms with Crippen molar-refractivity contribution in [1.29, 1.82) is 0 Å². The highest BCUT2D eigenvalue weighted by Crippen LogP contribution is 2.38. The Morgan fingerprint density at radius 1 is 0.943 bits per heavy atom. The number of hydrogen-bond donors (Lipinski definition) is 2. The summed E-state index contributed by atoms with van der Waals surface area (Å²) >= 11 is 0. The quantitative estimate of drug-likeness (QED) is 0.400. The summed E-state index contributed by atoms with van der Waals surface area (Å²) in [6.45, 7) is 9.46. The highest BCUT2D eigenvalue weighted by molar-refractivity contribution is 7.89. The van der Waals surface area contributed by atoms with Gasteiger partial charge in [0.15, 0.2) is 0 Å². The van der Waals surface area contributed by atoms with Crippen molar-refractivity contribution < 1.29 is 13.5 Å². The largest absolute Gasteiger partial charge is 0.377 e. The molecule has 0 radical (unpaired) electrons. The van der Waals surface area contributed by atoms with Gasteiger partial charge in [0.1, 0.15) is 6.23 Å². The Kier molecular flexibility index (Phi) is 9.55. The number of nitrogens with zero attached hydrogens (tertiary/aromatic N) is 1. The number of rotatable bonds is 10. The third-order valence-electron chi connectivity index (χ3n) is 7.08. The lowest BCUT2D eigenvalue weighted by Crippen LogP contribution is -2.36. The maximum absolute atomic E-state index is 13.0. The Hall–Kier alpha value is -1.73. The summed E-state index contributed by atoms with van der Waals surface area (Å²) in [5.41, 5.74) is 5.97. The van der Waals surface area contributed by atoms with Gasteiger partial charge in [-0.05, 0) is 84.6 Å². The number of hydrogen-bond acceptors (Lipinski definition) is 4. The Morgan fingerprint density at radius 3 is 1.97 bits per heavy atom. The van der Waals surface area contributed by atoms with E-state index in [0.717, 1.165) is 17.7 Å². The van der Waals surface area contributed by atoms with Gasteiger partial charge < -0.3 is 10.0 Å². The van der Waals surface area contributed by atoms with Crippen molar-refractivity contribution in [3.8, 4) is 0 Å². The normalized spacial score (nSPS) is 16.4. The summed E-state index contributed by atoms with van der Waals surface area (Å²) in [5.74, 6) is 1.19. The molecule has 0 spiro atoms. The van der Waals surface area contributed by atoms with Crippen LogP contribution in [0, 0.1) is 0 Å². The van der Waals surface area contributed by atoms with Crippen LogP contribution in [0.2, 0.25) is 0 Å². The van der Waals surface area contributed by atoms with E-state index in [9.17, 15) is 13.5 Å².